The molecule has 2 amide bonds. The summed E-state index contributed by atoms with van der Waals surface area (Å²) in [7, 11) is 0. The van der Waals surface area contributed by atoms with Crippen LogP contribution in [0.4, 0.5) is 18.0 Å². The van der Waals surface area contributed by atoms with Crippen molar-refractivity contribution in [2.24, 2.45) is 5.92 Å². The number of carboxylic acids is 1. The summed E-state index contributed by atoms with van der Waals surface area (Å²) < 4.78 is 37.6. The van der Waals surface area contributed by atoms with Gasteiger partial charge in [-0.3, -0.25) is 4.79 Å². The molecule has 0 aromatic heterocycles. The normalized spacial score (nSPS) is 20.9. The Kier molecular flexibility index (Phi) is 4.10. The molecule has 20 heavy (non-hydrogen) atoms. The first-order valence-electron chi connectivity index (χ1n) is 6.63. The van der Waals surface area contributed by atoms with Gasteiger partial charge in [-0.25, -0.2) is 4.79 Å². The van der Waals surface area contributed by atoms with E-state index in [2.05, 4.69) is 0 Å². The summed E-state index contributed by atoms with van der Waals surface area (Å²) in [6.07, 6.45) is -2.91. The topological polar surface area (TPSA) is 60.9 Å². The van der Waals surface area contributed by atoms with Crippen LogP contribution in [0.2, 0.25) is 0 Å². The van der Waals surface area contributed by atoms with Crippen molar-refractivity contribution < 1.29 is 27.9 Å². The second-order valence-electron chi connectivity index (χ2n) is 5.34. The van der Waals surface area contributed by atoms with Crippen LogP contribution in [-0.4, -0.2) is 58.8 Å². The van der Waals surface area contributed by atoms with Gasteiger partial charge in [-0.1, -0.05) is 0 Å². The Balaban J connectivity index is 1.91. The summed E-state index contributed by atoms with van der Waals surface area (Å²) in [6.45, 7) is -0.319. The number of carbonyl (C=O) groups excluding carboxylic acids is 1. The molecular formula is C12H17F3N2O3. The fourth-order valence-corrected chi connectivity index (χ4v) is 2.46. The predicted octanol–water partition coefficient (Wildman–Crippen LogP) is 1.93. The molecule has 1 saturated heterocycles. The van der Waals surface area contributed by atoms with E-state index >= 15 is 0 Å². The first-order valence-corrected chi connectivity index (χ1v) is 6.63. The van der Waals surface area contributed by atoms with Crippen molar-refractivity contribution in [3.8, 4) is 0 Å². The minimum Gasteiger partial charge on any atom is -0.480 e. The molecule has 0 radical (unpaired) electrons. The molecule has 1 heterocycles. The second-order valence-corrected chi connectivity index (χ2v) is 5.34. The maximum atomic E-state index is 12.5. The Labute approximate surface area is 114 Å². The highest BCUT2D eigenvalue weighted by Crippen LogP contribution is 2.35. The van der Waals surface area contributed by atoms with Crippen molar-refractivity contribution in [2.45, 2.75) is 37.9 Å². The third kappa shape index (κ3) is 3.55. The van der Waals surface area contributed by atoms with Gasteiger partial charge in [-0.2, -0.15) is 13.2 Å². The first-order chi connectivity index (χ1) is 9.29. The van der Waals surface area contributed by atoms with Gasteiger partial charge in [0.15, 0.2) is 0 Å². The van der Waals surface area contributed by atoms with Crippen molar-refractivity contribution in [1.29, 1.82) is 0 Å². The van der Waals surface area contributed by atoms with Gasteiger partial charge >= 0.3 is 18.2 Å². The summed E-state index contributed by atoms with van der Waals surface area (Å²) in [4.78, 5) is 25.5. The van der Waals surface area contributed by atoms with Gasteiger partial charge in [0.05, 0.1) is 5.92 Å². The monoisotopic (exact) mass is 294 g/mol. The number of piperidine rings is 1. The fourth-order valence-electron chi connectivity index (χ4n) is 2.46. The largest absolute Gasteiger partial charge is 0.480 e. The number of carboxylic acid groups (broad SMARTS) is 1. The zero-order valence-corrected chi connectivity index (χ0v) is 10.9. The lowest BCUT2D eigenvalue weighted by Crippen LogP contribution is -2.50. The minimum atomic E-state index is -4.22. The third-order valence-corrected chi connectivity index (χ3v) is 3.77. The van der Waals surface area contributed by atoms with E-state index in [0.717, 1.165) is 12.8 Å². The lowest BCUT2D eigenvalue weighted by molar-refractivity contribution is -0.183. The molecule has 0 aromatic rings. The molecule has 0 atom stereocenters. The van der Waals surface area contributed by atoms with Gasteiger partial charge in [0.2, 0.25) is 0 Å². The third-order valence-electron chi connectivity index (χ3n) is 3.77. The number of nitrogens with zero attached hydrogens (tertiary/aromatic N) is 2. The van der Waals surface area contributed by atoms with Gasteiger partial charge in [0.1, 0.15) is 6.54 Å². The van der Waals surface area contributed by atoms with Gasteiger partial charge in [-0.15, -0.1) is 0 Å². The van der Waals surface area contributed by atoms with Gasteiger partial charge in [0, 0.05) is 19.1 Å². The zero-order valence-electron chi connectivity index (χ0n) is 10.9. The number of likely N-dealkylation sites (tertiary alicyclic amines) is 1. The molecule has 2 aliphatic rings. The molecule has 1 aliphatic heterocycles. The molecule has 5 nitrogen and oxygen atoms in total. The maximum Gasteiger partial charge on any atom is 0.391 e. The van der Waals surface area contributed by atoms with Crippen molar-refractivity contribution in [3.63, 3.8) is 0 Å². The van der Waals surface area contributed by atoms with Crippen LogP contribution in [0, 0.1) is 5.92 Å². The highest BCUT2D eigenvalue weighted by molar-refractivity contribution is 5.80. The van der Waals surface area contributed by atoms with Crippen LogP contribution in [0.1, 0.15) is 25.7 Å². The van der Waals surface area contributed by atoms with Crippen LogP contribution in [0.3, 0.4) is 0 Å². The van der Waals surface area contributed by atoms with Gasteiger partial charge in [0.25, 0.3) is 0 Å². The maximum absolute atomic E-state index is 12.5. The number of urea groups is 1. The standard InChI is InChI=1S/C12H17F3N2O3/c13-12(14,15)8-3-5-16(6-4-8)11(20)17(7-10(18)19)9-1-2-9/h8-9H,1-7H2,(H,18,19). The number of rotatable bonds is 3. The smallest absolute Gasteiger partial charge is 0.391 e. The molecule has 1 aliphatic carbocycles. The number of alkyl halides is 3. The lowest BCUT2D eigenvalue weighted by atomic mass is 9.96. The molecular weight excluding hydrogens is 277 g/mol. The van der Waals surface area contributed by atoms with E-state index in [1.165, 1.54) is 9.80 Å². The molecule has 0 spiro atoms. The summed E-state index contributed by atoms with van der Waals surface area (Å²) in [5, 5.41) is 8.80. The Bertz CT molecular complexity index is 388. The molecule has 1 N–H and O–H groups in total. The van der Waals surface area contributed by atoms with Gasteiger partial charge in [-0.05, 0) is 25.7 Å². The molecule has 2 rings (SSSR count). The minimum absolute atomic E-state index is 0.0336. The quantitative estimate of drug-likeness (QED) is 0.865. The van der Waals surface area contributed by atoms with Crippen LogP contribution in [0.25, 0.3) is 0 Å². The van der Waals surface area contributed by atoms with Crippen molar-refractivity contribution in [3.05, 3.63) is 0 Å². The van der Waals surface area contributed by atoms with Crippen molar-refractivity contribution in [2.75, 3.05) is 19.6 Å². The highest BCUT2D eigenvalue weighted by Gasteiger charge is 2.43. The van der Waals surface area contributed by atoms with Crippen LogP contribution in [-0.2, 0) is 4.79 Å². The van der Waals surface area contributed by atoms with Crippen LogP contribution >= 0.6 is 0 Å². The molecule has 2 fully saturated rings. The number of carbonyl (C=O) groups is 2. The van der Waals surface area contributed by atoms with Crippen LogP contribution in [0.5, 0.6) is 0 Å². The summed E-state index contributed by atoms with van der Waals surface area (Å²) in [6, 6.07) is -0.519. The summed E-state index contributed by atoms with van der Waals surface area (Å²) >= 11 is 0. The van der Waals surface area contributed by atoms with E-state index in [9.17, 15) is 22.8 Å². The molecule has 0 bridgehead atoms. The van der Waals surface area contributed by atoms with Crippen LogP contribution < -0.4 is 0 Å². The van der Waals surface area contributed by atoms with Crippen LogP contribution in [0.15, 0.2) is 0 Å². The summed E-state index contributed by atoms with van der Waals surface area (Å²) in [5.41, 5.74) is 0. The number of aliphatic carboxylic acids is 1. The predicted molar refractivity (Wildman–Crippen MR) is 63.1 cm³/mol. The first kappa shape index (κ1) is 14.9. The van der Waals surface area contributed by atoms with Crippen molar-refractivity contribution >= 4 is 12.0 Å². The lowest BCUT2D eigenvalue weighted by Gasteiger charge is -2.36. The van der Waals surface area contributed by atoms with E-state index in [-0.39, 0.29) is 38.5 Å². The number of hydrogen-bond acceptors (Lipinski definition) is 2. The molecule has 0 aromatic carbocycles. The summed E-state index contributed by atoms with van der Waals surface area (Å²) in [5.74, 6) is -2.46. The second kappa shape index (κ2) is 5.49. The Morgan fingerprint density at radius 2 is 1.70 bits per heavy atom. The zero-order chi connectivity index (χ0) is 14.9. The van der Waals surface area contributed by atoms with E-state index in [1.54, 1.807) is 0 Å². The fraction of sp³-hybridized carbons (Fsp3) is 0.833. The Morgan fingerprint density at radius 1 is 1.15 bits per heavy atom. The number of amides is 2. The number of hydrogen-bond donors (Lipinski definition) is 1. The average molecular weight is 294 g/mol. The van der Waals surface area contributed by atoms with E-state index < -0.39 is 24.1 Å². The number of halogens is 3. The SMILES string of the molecule is O=C(O)CN(C(=O)N1CCC(C(F)(F)F)CC1)C1CC1. The van der Waals surface area contributed by atoms with E-state index in [4.69, 9.17) is 5.11 Å². The Hall–Kier alpha value is -1.47. The molecule has 114 valence electrons. The highest BCUT2D eigenvalue weighted by atomic mass is 19.4. The van der Waals surface area contributed by atoms with E-state index in [0.29, 0.717) is 0 Å². The average Bonchev–Trinajstić information content (AvgIpc) is 3.18. The molecule has 1 saturated carbocycles. The van der Waals surface area contributed by atoms with Gasteiger partial charge < -0.3 is 14.9 Å². The van der Waals surface area contributed by atoms with Crippen molar-refractivity contribution in [1.82, 2.24) is 9.80 Å². The molecule has 8 heteroatoms. The van der Waals surface area contributed by atoms with E-state index in [1.807, 2.05) is 0 Å². The Morgan fingerprint density at radius 3 is 2.10 bits per heavy atom. The molecule has 0 unspecified atom stereocenters.